The predicted molar refractivity (Wildman–Crippen MR) is 170 cm³/mol. The average molecular weight is 683 g/mol. The second-order valence-corrected chi connectivity index (χ2v) is 14.8. The van der Waals surface area contributed by atoms with E-state index >= 15 is 0 Å². The summed E-state index contributed by atoms with van der Waals surface area (Å²) in [6, 6.07) is 14.9. The van der Waals surface area contributed by atoms with E-state index in [1.165, 1.54) is 31.4 Å². The molecule has 41 heavy (non-hydrogen) atoms. The largest absolute Gasteiger partial charge is 0.271 e. The van der Waals surface area contributed by atoms with Crippen molar-refractivity contribution in [3.8, 4) is 0 Å². The summed E-state index contributed by atoms with van der Waals surface area (Å²) >= 11 is 6.89. The predicted octanol–water partition coefficient (Wildman–Crippen LogP) is 8.13. The molecule has 8 heteroatoms. The summed E-state index contributed by atoms with van der Waals surface area (Å²) in [4.78, 5) is 25.4. The van der Waals surface area contributed by atoms with E-state index in [1.54, 1.807) is 0 Å². The van der Waals surface area contributed by atoms with Gasteiger partial charge in [-0.25, -0.2) is 10.9 Å². The Morgan fingerprint density at radius 3 is 2.12 bits per heavy atom. The van der Waals surface area contributed by atoms with Gasteiger partial charge in [-0.05, 0) is 123 Å². The summed E-state index contributed by atoms with van der Waals surface area (Å²) in [5, 5.41) is 9.34. The summed E-state index contributed by atoms with van der Waals surface area (Å²) < 4.78 is 1.78. The number of hydrogen-bond donors (Lipinski definition) is 2. The Morgan fingerprint density at radius 2 is 1.46 bits per heavy atom. The lowest BCUT2D eigenvalue weighted by molar-refractivity contribution is -0.0815. The van der Waals surface area contributed by atoms with Gasteiger partial charge in [0.05, 0.1) is 0 Å². The molecule has 0 unspecified atom stereocenters. The number of benzene rings is 2. The van der Waals surface area contributed by atoms with Crippen molar-refractivity contribution in [2.45, 2.75) is 71.6 Å². The number of nitrogens with one attached hydrogen (secondary N) is 2. The smallest absolute Gasteiger partial charge is 0.267 e. The Kier molecular flexibility index (Phi) is 8.00. The monoisotopic (exact) mass is 680 g/mol. The Balaban J connectivity index is 1.11. The summed E-state index contributed by atoms with van der Waals surface area (Å²) in [7, 11) is 0. The van der Waals surface area contributed by atoms with Gasteiger partial charge in [-0.2, -0.15) is 10.2 Å². The van der Waals surface area contributed by atoms with Crippen LogP contribution in [0, 0.1) is 34.5 Å². The van der Waals surface area contributed by atoms with E-state index in [0.717, 1.165) is 46.8 Å². The van der Waals surface area contributed by atoms with Gasteiger partial charge in [-0.1, -0.05) is 57.8 Å². The molecule has 0 aromatic heterocycles. The standard InChI is InChI=1S/C33H38Br2N4O2/c1-32-15-13-25(36-38-30(40)20-5-3-7-23(34)17-20)19-22(32)9-10-26-27-11-12-29(33(27,2)16-14-28(26)32)37-39-31(41)21-6-4-8-24(35)18-21/h3-8,17-18,22,26-28H,9-16,19H2,1-2H3,(H,38,40)(H,39,41)/b36-25+,37-29+/t22-,26-,27-,28-,32-,33-/m0/s1. The number of rotatable bonds is 4. The maximum absolute atomic E-state index is 12.8. The van der Waals surface area contributed by atoms with Crippen molar-refractivity contribution >= 4 is 55.1 Å². The molecule has 6 rings (SSSR count). The van der Waals surface area contributed by atoms with E-state index in [-0.39, 0.29) is 17.2 Å². The van der Waals surface area contributed by atoms with E-state index in [4.69, 9.17) is 5.10 Å². The zero-order chi connectivity index (χ0) is 28.8. The molecule has 216 valence electrons. The zero-order valence-electron chi connectivity index (χ0n) is 23.8. The molecule has 6 nitrogen and oxygen atoms in total. The highest BCUT2D eigenvalue weighted by molar-refractivity contribution is 9.10. The van der Waals surface area contributed by atoms with Gasteiger partial charge in [0.1, 0.15) is 0 Å². The minimum atomic E-state index is -0.158. The molecule has 0 radical (unpaired) electrons. The van der Waals surface area contributed by atoms with Crippen molar-refractivity contribution in [1.29, 1.82) is 0 Å². The molecular weight excluding hydrogens is 644 g/mol. The summed E-state index contributed by atoms with van der Waals surface area (Å²) in [6.07, 6.45) is 10.0. The van der Waals surface area contributed by atoms with Gasteiger partial charge in [0.25, 0.3) is 11.8 Å². The van der Waals surface area contributed by atoms with Crippen LogP contribution in [-0.2, 0) is 0 Å². The van der Waals surface area contributed by atoms with Crippen molar-refractivity contribution in [2.75, 3.05) is 0 Å². The van der Waals surface area contributed by atoms with Gasteiger partial charge < -0.3 is 0 Å². The molecule has 4 aliphatic rings. The number of nitrogens with zero attached hydrogens (tertiary/aromatic N) is 2. The first-order valence-corrected chi connectivity index (χ1v) is 16.5. The fourth-order valence-electron chi connectivity index (χ4n) is 8.77. The number of halogens is 2. The fraction of sp³-hybridized carbons (Fsp3) is 0.515. The molecule has 2 amide bonds. The maximum Gasteiger partial charge on any atom is 0.271 e. The minimum absolute atomic E-state index is 0.0624. The van der Waals surface area contributed by atoms with Gasteiger partial charge in [0.2, 0.25) is 0 Å². The van der Waals surface area contributed by atoms with Crippen LogP contribution in [0.1, 0.15) is 92.4 Å². The third kappa shape index (κ3) is 5.47. The van der Waals surface area contributed by atoms with Crippen LogP contribution in [0.4, 0.5) is 0 Å². The van der Waals surface area contributed by atoms with Crippen LogP contribution in [0.15, 0.2) is 67.7 Å². The molecule has 4 saturated carbocycles. The molecule has 6 atom stereocenters. The molecule has 2 aromatic rings. The first-order valence-electron chi connectivity index (χ1n) is 14.9. The normalized spacial score (nSPS) is 34.4. The Hall–Kier alpha value is -2.32. The average Bonchev–Trinajstić information content (AvgIpc) is 3.30. The van der Waals surface area contributed by atoms with Crippen molar-refractivity contribution in [3.05, 3.63) is 68.6 Å². The molecule has 0 saturated heterocycles. The SMILES string of the molecule is C[C@]12CC/C(=N\NC(=O)c3cccc(Br)c3)C[C@@H]1CC[C@@H]1[C@@H]2CC[C@]2(C)/C(=N/NC(=O)c3cccc(Br)c3)CC[C@@H]12. The van der Waals surface area contributed by atoms with Crippen molar-refractivity contribution in [2.24, 2.45) is 44.7 Å². The van der Waals surface area contributed by atoms with Crippen molar-refractivity contribution in [1.82, 2.24) is 10.9 Å². The van der Waals surface area contributed by atoms with Crippen molar-refractivity contribution in [3.63, 3.8) is 0 Å². The maximum atomic E-state index is 12.8. The lowest BCUT2D eigenvalue weighted by Gasteiger charge is -2.59. The molecule has 0 heterocycles. The second-order valence-electron chi connectivity index (χ2n) is 13.0. The molecule has 4 fully saturated rings. The number of carbonyl (C=O) groups excluding carboxylic acids is 2. The van der Waals surface area contributed by atoms with Gasteiger partial charge in [0, 0.05) is 36.9 Å². The summed E-state index contributed by atoms with van der Waals surface area (Å²) in [5.74, 6) is 2.35. The van der Waals surface area contributed by atoms with Crippen molar-refractivity contribution < 1.29 is 9.59 Å². The van der Waals surface area contributed by atoms with Crippen LogP contribution in [0.3, 0.4) is 0 Å². The van der Waals surface area contributed by atoms with E-state index in [9.17, 15) is 9.59 Å². The molecule has 0 bridgehead atoms. The zero-order valence-corrected chi connectivity index (χ0v) is 26.9. The highest BCUT2D eigenvalue weighted by Crippen LogP contribution is 2.65. The van der Waals surface area contributed by atoms with Gasteiger partial charge in [-0.3, -0.25) is 9.59 Å². The summed E-state index contributed by atoms with van der Waals surface area (Å²) in [5.41, 5.74) is 9.60. The highest BCUT2D eigenvalue weighted by atomic mass is 79.9. The van der Waals surface area contributed by atoms with Crippen LogP contribution in [0.5, 0.6) is 0 Å². The first-order chi connectivity index (χ1) is 19.7. The van der Waals surface area contributed by atoms with Crippen LogP contribution >= 0.6 is 31.9 Å². The molecule has 0 spiro atoms. The van der Waals surface area contributed by atoms with Crippen LogP contribution in [0.25, 0.3) is 0 Å². The Labute approximate surface area is 259 Å². The number of carbonyl (C=O) groups is 2. The fourth-order valence-corrected chi connectivity index (χ4v) is 9.57. The quantitative estimate of drug-likeness (QED) is 0.320. The third-order valence-electron chi connectivity index (χ3n) is 11.0. The van der Waals surface area contributed by atoms with E-state index in [2.05, 4.69) is 61.7 Å². The number of fused-ring (bicyclic) bond motifs is 5. The first kappa shape index (κ1) is 28.8. The van der Waals surface area contributed by atoms with Crippen LogP contribution in [0.2, 0.25) is 0 Å². The lowest BCUT2D eigenvalue weighted by Crippen LogP contribution is -2.53. The van der Waals surface area contributed by atoms with E-state index in [1.807, 2.05) is 48.5 Å². The third-order valence-corrected chi connectivity index (χ3v) is 12.0. The topological polar surface area (TPSA) is 82.9 Å². The number of hydrogen-bond acceptors (Lipinski definition) is 4. The van der Waals surface area contributed by atoms with Gasteiger partial charge >= 0.3 is 0 Å². The van der Waals surface area contributed by atoms with Crippen LogP contribution in [-0.4, -0.2) is 23.2 Å². The molecule has 2 N–H and O–H groups in total. The Morgan fingerprint density at radius 1 is 0.805 bits per heavy atom. The second kappa shape index (κ2) is 11.4. The molecular formula is C33H38Br2N4O2. The molecule has 4 aliphatic carbocycles. The van der Waals surface area contributed by atoms with E-state index in [0.29, 0.717) is 40.2 Å². The van der Waals surface area contributed by atoms with Gasteiger partial charge in [0.15, 0.2) is 0 Å². The molecule has 2 aromatic carbocycles. The lowest BCUT2D eigenvalue weighted by atomic mass is 9.45. The Bertz CT molecular complexity index is 1420. The van der Waals surface area contributed by atoms with Crippen LogP contribution < -0.4 is 10.9 Å². The molecule has 0 aliphatic heterocycles. The van der Waals surface area contributed by atoms with E-state index < -0.39 is 0 Å². The number of hydrazone groups is 2. The summed E-state index contributed by atoms with van der Waals surface area (Å²) in [6.45, 7) is 4.94. The highest BCUT2D eigenvalue weighted by Gasteiger charge is 2.59. The minimum Gasteiger partial charge on any atom is -0.267 e. The number of amides is 2. The van der Waals surface area contributed by atoms with Gasteiger partial charge in [-0.15, -0.1) is 0 Å².